The number of amides is 1. The van der Waals surface area contributed by atoms with E-state index in [4.69, 9.17) is 4.74 Å². The van der Waals surface area contributed by atoms with Gasteiger partial charge < -0.3 is 9.30 Å². The summed E-state index contributed by atoms with van der Waals surface area (Å²) in [6.45, 7) is 0. The normalized spacial score (nSPS) is 10.9. The number of anilines is 1. The van der Waals surface area contributed by atoms with Gasteiger partial charge in [0.25, 0.3) is 11.6 Å². The molecule has 0 saturated carbocycles. The van der Waals surface area contributed by atoms with Crippen molar-refractivity contribution in [3.05, 3.63) is 63.4 Å². The lowest BCUT2D eigenvalue weighted by Gasteiger charge is -2.12. The quantitative estimate of drug-likeness (QED) is 0.293. The average Bonchev–Trinajstić information content (AvgIpc) is 3.37. The third-order valence-electron chi connectivity index (χ3n) is 3.65. The van der Waals surface area contributed by atoms with Crippen molar-refractivity contribution >= 4 is 34.1 Å². The average molecular weight is 396 g/mol. The summed E-state index contributed by atoms with van der Waals surface area (Å²) in [5.74, 6) is -0.348. The second kappa shape index (κ2) is 8.11. The number of nitrogens with zero attached hydrogens (tertiary/aromatic N) is 5. The minimum absolute atomic E-state index is 0.112. The molecule has 0 aliphatic rings. The van der Waals surface area contributed by atoms with Crippen molar-refractivity contribution in [2.24, 2.45) is 0 Å². The molecule has 2 aromatic heterocycles. The molecular weight excluding hydrogens is 384 g/mol. The number of ether oxygens (including phenoxy) is 1. The van der Waals surface area contributed by atoms with Gasteiger partial charge in [0.15, 0.2) is 0 Å². The Morgan fingerprint density at radius 3 is 2.93 bits per heavy atom. The van der Waals surface area contributed by atoms with Crippen LogP contribution in [0.5, 0.6) is 5.75 Å². The molecule has 2 heterocycles. The van der Waals surface area contributed by atoms with E-state index in [1.165, 1.54) is 36.9 Å². The van der Waals surface area contributed by atoms with Gasteiger partial charge in [-0.15, -0.1) is 10.2 Å². The van der Waals surface area contributed by atoms with Gasteiger partial charge in [-0.05, 0) is 24.3 Å². The fourth-order valence-electron chi connectivity index (χ4n) is 2.40. The zero-order valence-electron chi connectivity index (χ0n) is 14.4. The number of nitro benzene ring substituents is 1. The standard InChI is InChI=1S/C17H12N6O4S/c1-27-15-8-13(23(25)26)4-5-14(15)22-6-2-3-12(22)7-11(9-18)16(24)20-17-21-19-10-28-17/h2-8,10H,1H3,(H,20,21,24). The highest BCUT2D eigenvalue weighted by molar-refractivity contribution is 7.13. The number of nitrogens with one attached hydrogen (secondary N) is 1. The zero-order valence-corrected chi connectivity index (χ0v) is 15.2. The summed E-state index contributed by atoms with van der Waals surface area (Å²) in [7, 11) is 1.40. The number of carbonyl (C=O) groups is 1. The molecule has 3 rings (SSSR count). The Balaban J connectivity index is 1.97. The first-order chi connectivity index (χ1) is 13.5. The topological polar surface area (TPSA) is 136 Å². The molecule has 3 aromatic rings. The van der Waals surface area contributed by atoms with Crippen molar-refractivity contribution in [2.45, 2.75) is 0 Å². The molecule has 0 atom stereocenters. The highest BCUT2D eigenvalue weighted by Crippen LogP contribution is 2.29. The number of non-ortho nitro benzene ring substituents is 1. The monoisotopic (exact) mass is 396 g/mol. The number of carbonyl (C=O) groups excluding carboxylic acids is 1. The molecule has 1 N–H and O–H groups in total. The van der Waals surface area contributed by atoms with E-state index in [0.29, 0.717) is 11.4 Å². The number of methoxy groups -OCH3 is 1. The Morgan fingerprint density at radius 1 is 1.46 bits per heavy atom. The van der Waals surface area contributed by atoms with E-state index in [2.05, 4.69) is 15.5 Å². The fourth-order valence-corrected chi connectivity index (χ4v) is 2.84. The first-order valence-electron chi connectivity index (χ1n) is 7.73. The van der Waals surface area contributed by atoms with Crippen LogP contribution in [-0.2, 0) is 4.79 Å². The SMILES string of the molecule is COc1cc([N+](=O)[O-])ccc1-n1cccc1C=C(C#N)C(=O)Nc1nncs1. The third kappa shape index (κ3) is 3.87. The number of hydrogen-bond acceptors (Lipinski definition) is 8. The maximum Gasteiger partial charge on any atom is 0.273 e. The molecule has 1 amide bonds. The molecule has 28 heavy (non-hydrogen) atoms. The Hall–Kier alpha value is -4.04. The fraction of sp³-hybridized carbons (Fsp3) is 0.0588. The van der Waals surface area contributed by atoms with Crippen molar-refractivity contribution in [3.63, 3.8) is 0 Å². The molecule has 0 unspecified atom stereocenters. The van der Waals surface area contributed by atoms with Crippen LogP contribution in [0.4, 0.5) is 10.8 Å². The molecule has 0 fully saturated rings. The van der Waals surface area contributed by atoms with Gasteiger partial charge >= 0.3 is 0 Å². The Morgan fingerprint density at radius 2 is 2.29 bits per heavy atom. The molecule has 11 heteroatoms. The summed E-state index contributed by atoms with van der Waals surface area (Å²) >= 11 is 1.13. The molecule has 0 bridgehead atoms. The number of aromatic nitrogens is 3. The molecule has 1 aromatic carbocycles. The van der Waals surface area contributed by atoms with E-state index in [9.17, 15) is 20.2 Å². The van der Waals surface area contributed by atoms with E-state index >= 15 is 0 Å². The minimum atomic E-state index is -0.623. The third-order valence-corrected chi connectivity index (χ3v) is 4.26. The summed E-state index contributed by atoms with van der Waals surface area (Å²) in [6, 6.07) is 9.44. The summed E-state index contributed by atoms with van der Waals surface area (Å²) in [4.78, 5) is 22.7. The second-order valence-corrected chi connectivity index (χ2v) is 6.12. The van der Waals surface area contributed by atoms with Crippen molar-refractivity contribution < 1.29 is 14.5 Å². The van der Waals surface area contributed by atoms with Gasteiger partial charge in [0, 0.05) is 18.0 Å². The molecule has 0 aliphatic heterocycles. The summed E-state index contributed by atoms with van der Waals surface area (Å²) in [5.41, 5.74) is 2.23. The van der Waals surface area contributed by atoms with Crippen molar-refractivity contribution in [1.82, 2.24) is 14.8 Å². The van der Waals surface area contributed by atoms with Crippen LogP contribution in [0.1, 0.15) is 5.69 Å². The maximum atomic E-state index is 12.3. The second-order valence-electron chi connectivity index (χ2n) is 5.28. The van der Waals surface area contributed by atoms with E-state index in [1.807, 2.05) is 6.07 Å². The van der Waals surface area contributed by atoms with Gasteiger partial charge in [0.1, 0.15) is 22.9 Å². The number of rotatable bonds is 6. The van der Waals surface area contributed by atoms with Crippen molar-refractivity contribution in [1.29, 1.82) is 5.26 Å². The highest BCUT2D eigenvalue weighted by atomic mass is 32.1. The molecule has 0 radical (unpaired) electrons. The lowest BCUT2D eigenvalue weighted by Crippen LogP contribution is -2.13. The lowest BCUT2D eigenvalue weighted by atomic mass is 10.2. The Kier molecular flexibility index (Phi) is 5.43. The molecule has 140 valence electrons. The van der Waals surface area contributed by atoms with E-state index < -0.39 is 10.8 Å². The van der Waals surface area contributed by atoms with E-state index in [0.717, 1.165) is 11.3 Å². The molecule has 10 nitrogen and oxygen atoms in total. The van der Waals surface area contributed by atoms with Gasteiger partial charge in [-0.2, -0.15) is 5.26 Å². The van der Waals surface area contributed by atoms with E-state index in [-0.39, 0.29) is 22.1 Å². The van der Waals surface area contributed by atoms with E-state index in [1.54, 1.807) is 22.9 Å². The van der Waals surface area contributed by atoms with Crippen LogP contribution in [0.15, 0.2) is 47.6 Å². The summed E-state index contributed by atoms with van der Waals surface area (Å²) in [5, 5.41) is 30.4. The molecule has 0 spiro atoms. The van der Waals surface area contributed by atoms with Gasteiger partial charge in [0.05, 0.1) is 23.8 Å². The lowest BCUT2D eigenvalue weighted by molar-refractivity contribution is -0.384. The van der Waals surface area contributed by atoms with Crippen LogP contribution in [-0.4, -0.2) is 32.7 Å². The zero-order chi connectivity index (χ0) is 20.1. The van der Waals surface area contributed by atoms with Crippen LogP contribution < -0.4 is 10.1 Å². The first-order valence-corrected chi connectivity index (χ1v) is 8.61. The van der Waals surface area contributed by atoms with Crippen molar-refractivity contribution in [2.75, 3.05) is 12.4 Å². The van der Waals surface area contributed by atoms with Gasteiger partial charge in [-0.3, -0.25) is 20.2 Å². The number of benzene rings is 1. The molecule has 0 saturated heterocycles. The van der Waals surface area contributed by atoms with Crippen molar-refractivity contribution in [3.8, 4) is 17.5 Å². The van der Waals surface area contributed by atoms with Gasteiger partial charge in [0.2, 0.25) is 5.13 Å². The van der Waals surface area contributed by atoms with Crippen LogP contribution in [0.2, 0.25) is 0 Å². The maximum absolute atomic E-state index is 12.3. The summed E-state index contributed by atoms with van der Waals surface area (Å²) < 4.78 is 6.91. The van der Waals surface area contributed by atoms with Crippen LogP contribution in [0.3, 0.4) is 0 Å². The van der Waals surface area contributed by atoms with Crippen LogP contribution >= 0.6 is 11.3 Å². The Labute approximate surface area is 162 Å². The smallest absolute Gasteiger partial charge is 0.273 e. The predicted molar refractivity (Wildman–Crippen MR) is 101 cm³/mol. The molecular formula is C17H12N6O4S. The first kappa shape index (κ1) is 18.7. The molecule has 0 aliphatic carbocycles. The highest BCUT2D eigenvalue weighted by Gasteiger charge is 2.16. The minimum Gasteiger partial charge on any atom is -0.494 e. The number of hydrogen-bond donors (Lipinski definition) is 1. The van der Waals surface area contributed by atoms with Gasteiger partial charge in [-0.1, -0.05) is 11.3 Å². The van der Waals surface area contributed by atoms with Gasteiger partial charge in [-0.25, -0.2) is 0 Å². The largest absolute Gasteiger partial charge is 0.494 e. The van der Waals surface area contributed by atoms with Crippen LogP contribution in [0, 0.1) is 21.4 Å². The van der Waals surface area contributed by atoms with Crippen LogP contribution in [0.25, 0.3) is 11.8 Å². The number of nitro groups is 1. The summed E-state index contributed by atoms with van der Waals surface area (Å²) in [6.07, 6.45) is 3.09. The predicted octanol–water partition coefficient (Wildman–Crippen LogP) is 2.79. The number of nitriles is 1. The Bertz CT molecular complexity index is 1100.